The second kappa shape index (κ2) is 4.17. The molecule has 0 saturated carbocycles. The van der Waals surface area contributed by atoms with Crippen LogP contribution in [0.2, 0.25) is 0 Å². The quantitative estimate of drug-likeness (QED) is 0.750. The highest BCUT2D eigenvalue weighted by Gasteiger charge is 2.34. The third-order valence-corrected chi connectivity index (χ3v) is 2.71. The molecular weight excluding hydrogens is 214 g/mol. The standard InChI is InChI=1S/C11H12F2N2O/c12-8-5-9(15-10(8)13)6-2-1-3-7(4-6)11(14)16/h1-4,8-10,15H,5H2,(H2,14,16)/t8-,9+,10?/m0/s1. The van der Waals surface area contributed by atoms with E-state index in [2.05, 4.69) is 5.32 Å². The predicted octanol–water partition coefficient (Wildman–Crippen LogP) is 1.45. The van der Waals surface area contributed by atoms with Gasteiger partial charge in [-0.05, 0) is 17.7 Å². The summed E-state index contributed by atoms with van der Waals surface area (Å²) < 4.78 is 25.9. The van der Waals surface area contributed by atoms with Crippen molar-refractivity contribution >= 4 is 5.91 Å². The number of hydrogen-bond donors (Lipinski definition) is 2. The molecule has 3 nitrogen and oxygen atoms in total. The van der Waals surface area contributed by atoms with E-state index in [-0.39, 0.29) is 6.42 Å². The Balaban J connectivity index is 2.21. The Morgan fingerprint density at radius 2 is 2.19 bits per heavy atom. The third-order valence-electron chi connectivity index (χ3n) is 2.71. The smallest absolute Gasteiger partial charge is 0.248 e. The first-order valence-electron chi connectivity index (χ1n) is 5.02. The average molecular weight is 226 g/mol. The molecule has 0 aliphatic carbocycles. The van der Waals surface area contributed by atoms with Gasteiger partial charge in [-0.1, -0.05) is 12.1 Å². The lowest BCUT2D eigenvalue weighted by Gasteiger charge is -2.11. The summed E-state index contributed by atoms with van der Waals surface area (Å²) in [7, 11) is 0. The highest BCUT2D eigenvalue weighted by Crippen LogP contribution is 2.29. The van der Waals surface area contributed by atoms with Crippen LogP contribution in [0, 0.1) is 0 Å². The number of amides is 1. The summed E-state index contributed by atoms with van der Waals surface area (Å²) in [5, 5.41) is 2.49. The maximum Gasteiger partial charge on any atom is 0.248 e. The first kappa shape index (κ1) is 11.0. The summed E-state index contributed by atoms with van der Waals surface area (Å²) in [6.45, 7) is 0. The molecule has 3 N–H and O–H groups in total. The van der Waals surface area contributed by atoms with Crippen LogP contribution in [0.4, 0.5) is 8.78 Å². The van der Waals surface area contributed by atoms with E-state index in [4.69, 9.17) is 5.73 Å². The van der Waals surface area contributed by atoms with Crippen LogP contribution in [-0.4, -0.2) is 18.4 Å². The molecule has 0 aromatic heterocycles. The molecule has 1 saturated heterocycles. The van der Waals surface area contributed by atoms with Crippen LogP contribution in [-0.2, 0) is 0 Å². The maximum absolute atomic E-state index is 13.0. The number of primary amides is 1. The van der Waals surface area contributed by atoms with Gasteiger partial charge >= 0.3 is 0 Å². The number of nitrogens with two attached hydrogens (primary N) is 1. The van der Waals surface area contributed by atoms with Gasteiger partial charge in [0, 0.05) is 18.0 Å². The topological polar surface area (TPSA) is 55.1 Å². The van der Waals surface area contributed by atoms with Crippen LogP contribution in [0.5, 0.6) is 0 Å². The zero-order chi connectivity index (χ0) is 11.7. The summed E-state index contributed by atoms with van der Waals surface area (Å²) in [4.78, 5) is 11.0. The Kier molecular flexibility index (Phi) is 2.87. The van der Waals surface area contributed by atoms with Gasteiger partial charge in [-0.25, -0.2) is 8.78 Å². The molecule has 1 amide bonds. The Morgan fingerprint density at radius 3 is 2.75 bits per heavy atom. The summed E-state index contributed by atoms with van der Waals surface area (Å²) in [5.74, 6) is -0.548. The molecule has 3 atom stereocenters. The fraction of sp³-hybridized carbons (Fsp3) is 0.364. The molecule has 1 aliphatic rings. The van der Waals surface area contributed by atoms with Crippen molar-refractivity contribution in [1.82, 2.24) is 5.32 Å². The largest absolute Gasteiger partial charge is 0.366 e. The number of carbonyl (C=O) groups excluding carboxylic acids is 1. The van der Waals surface area contributed by atoms with Gasteiger partial charge < -0.3 is 5.73 Å². The Labute approximate surface area is 91.6 Å². The van der Waals surface area contributed by atoms with Gasteiger partial charge in [0.1, 0.15) is 6.17 Å². The lowest BCUT2D eigenvalue weighted by atomic mass is 10.0. The molecule has 86 valence electrons. The van der Waals surface area contributed by atoms with Crippen molar-refractivity contribution in [1.29, 1.82) is 0 Å². The van der Waals surface area contributed by atoms with E-state index in [1.807, 2.05) is 0 Å². The monoisotopic (exact) mass is 226 g/mol. The SMILES string of the molecule is NC(=O)c1cccc([C@H]2C[C@H](F)C(F)N2)c1. The zero-order valence-electron chi connectivity index (χ0n) is 8.49. The lowest BCUT2D eigenvalue weighted by molar-refractivity contribution is 0.1000. The van der Waals surface area contributed by atoms with Crippen LogP contribution < -0.4 is 11.1 Å². The number of benzene rings is 1. The van der Waals surface area contributed by atoms with Crippen molar-refractivity contribution in [2.75, 3.05) is 0 Å². The molecule has 1 aromatic carbocycles. The van der Waals surface area contributed by atoms with Crippen molar-refractivity contribution < 1.29 is 13.6 Å². The third kappa shape index (κ3) is 2.04. The normalized spacial score (nSPS) is 29.2. The van der Waals surface area contributed by atoms with Crippen LogP contribution in [0.15, 0.2) is 24.3 Å². The lowest BCUT2D eigenvalue weighted by Crippen LogP contribution is -2.24. The first-order valence-corrected chi connectivity index (χ1v) is 5.02. The fourth-order valence-electron chi connectivity index (χ4n) is 1.85. The Bertz CT molecular complexity index is 401. The van der Waals surface area contributed by atoms with Crippen LogP contribution in [0.25, 0.3) is 0 Å². The Hall–Kier alpha value is -1.49. The minimum Gasteiger partial charge on any atom is -0.366 e. The Morgan fingerprint density at radius 1 is 1.44 bits per heavy atom. The van der Waals surface area contributed by atoms with E-state index >= 15 is 0 Å². The molecular formula is C11H12F2N2O. The number of nitrogens with one attached hydrogen (secondary N) is 1. The molecule has 2 rings (SSSR count). The molecule has 1 aliphatic heterocycles. The van der Waals surface area contributed by atoms with Gasteiger partial charge in [0.05, 0.1) is 0 Å². The van der Waals surface area contributed by atoms with Gasteiger partial charge in [-0.15, -0.1) is 0 Å². The molecule has 16 heavy (non-hydrogen) atoms. The highest BCUT2D eigenvalue weighted by molar-refractivity contribution is 5.92. The summed E-state index contributed by atoms with van der Waals surface area (Å²) in [5.41, 5.74) is 6.15. The summed E-state index contributed by atoms with van der Waals surface area (Å²) >= 11 is 0. The molecule has 5 heteroatoms. The van der Waals surface area contributed by atoms with Crippen molar-refractivity contribution in [3.63, 3.8) is 0 Å². The van der Waals surface area contributed by atoms with E-state index < -0.39 is 24.4 Å². The molecule has 0 spiro atoms. The van der Waals surface area contributed by atoms with E-state index in [1.54, 1.807) is 24.3 Å². The van der Waals surface area contributed by atoms with Gasteiger partial charge in [0.2, 0.25) is 5.91 Å². The van der Waals surface area contributed by atoms with E-state index in [1.165, 1.54) is 0 Å². The number of halogens is 2. The van der Waals surface area contributed by atoms with E-state index in [9.17, 15) is 13.6 Å². The number of carbonyl (C=O) groups is 1. The van der Waals surface area contributed by atoms with E-state index in [0.717, 1.165) is 0 Å². The van der Waals surface area contributed by atoms with Crippen molar-refractivity contribution in [3.8, 4) is 0 Å². The number of hydrogen-bond acceptors (Lipinski definition) is 2. The van der Waals surface area contributed by atoms with Gasteiger partial charge in [0.25, 0.3) is 0 Å². The fourth-order valence-corrected chi connectivity index (χ4v) is 1.85. The minimum atomic E-state index is -1.64. The van der Waals surface area contributed by atoms with Crippen molar-refractivity contribution in [3.05, 3.63) is 35.4 Å². The van der Waals surface area contributed by atoms with Gasteiger partial charge in [-0.3, -0.25) is 10.1 Å². The molecule has 1 heterocycles. The van der Waals surface area contributed by atoms with Gasteiger partial charge in [-0.2, -0.15) is 0 Å². The maximum atomic E-state index is 13.0. The van der Waals surface area contributed by atoms with Crippen LogP contribution in [0.3, 0.4) is 0 Å². The molecule has 0 radical (unpaired) electrons. The second-order valence-electron chi connectivity index (χ2n) is 3.86. The summed E-state index contributed by atoms with van der Waals surface area (Å²) in [6.07, 6.45) is -3.06. The minimum absolute atomic E-state index is 0.0728. The van der Waals surface area contributed by atoms with Gasteiger partial charge in [0.15, 0.2) is 6.30 Å². The number of rotatable bonds is 2. The predicted molar refractivity (Wildman–Crippen MR) is 55.2 cm³/mol. The molecule has 0 bridgehead atoms. The molecule has 1 unspecified atom stereocenters. The molecule has 1 fully saturated rings. The second-order valence-corrected chi connectivity index (χ2v) is 3.86. The van der Waals surface area contributed by atoms with Crippen LogP contribution in [0.1, 0.15) is 28.4 Å². The molecule has 1 aromatic rings. The van der Waals surface area contributed by atoms with Crippen molar-refractivity contribution in [2.45, 2.75) is 24.9 Å². The first-order chi connectivity index (χ1) is 7.58. The number of alkyl halides is 2. The average Bonchev–Trinajstić information content (AvgIpc) is 2.59. The highest BCUT2D eigenvalue weighted by atomic mass is 19.2. The zero-order valence-corrected chi connectivity index (χ0v) is 8.49. The van der Waals surface area contributed by atoms with Crippen LogP contribution >= 0.6 is 0 Å². The van der Waals surface area contributed by atoms with E-state index in [0.29, 0.717) is 11.1 Å². The van der Waals surface area contributed by atoms with Crippen molar-refractivity contribution in [2.24, 2.45) is 5.73 Å². The summed E-state index contributed by atoms with van der Waals surface area (Å²) in [6, 6.07) is 6.10.